The topological polar surface area (TPSA) is 37.4 Å². The van der Waals surface area contributed by atoms with Gasteiger partial charge in [-0.15, -0.1) is 0 Å². The molecule has 1 aromatic carbocycles. The van der Waals surface area contributed by atoms with Gasteiger partial charge in [-0.05, 0) is 43.2 Å². The van der Waals surface area contributed by atoms with E-state index in [9.17, 15) is 12.8 Å². The van der Waals surface area contributed by atoms with E-state index in [1.807, 2.05) is 6.07 Å². The van der Waals surface area contributed by atoms with E-state index in [0.717, 1.165) is 24.8 Å². The van der Waals surface area contributed by atoms with Crippen LogP contribution in [0.15, 0.2) is 24.3 Å². The van der Waals surface area contributed by atoms with Gasteiger partial charge in [-0.3, -0.25) is 0 Å². The van der Waals surface area contributed by atoms with Gasteiger partial charge in [-0.2, -0.15) is 0 Å². The highest BCUT2D eigenvalue weighted by Crippen LogP contribution is 2.23. The highest BCUT2D eigenvalue weighted by molar-refractivity contribution is 7.88. The smallest absolute Gasteiger partial charge is 0.211 e. The van der Waals surface area contributed by atoms with Crippen LogP contribution in [0.2, 0.25) is 0 Å². The third-order valence-electron chi connectivity index (χ3n) is 3.73. The first kappa shape index (κ1) is 14.5. The van der Waals surface area contributed by atoms with Gasteiger partial charge in [0.05, 0.1) is 6.26 Å². The van der Waals surface area contributed by atoms with E-state index < -0.39 is 10.0 Å². The zero-order valence-corrected chi connectivity index (χ0v) is 12.0. The molecule has 0 aromatic heterocycles. The van der Waals surface area contributed by atoms with Gasteiger partial charge >= 0.3 is 0 Å². The van der Waals surface area contributed by atoms with Crippen molar-refractivity contribution in [3.63, 3.8) is 0 Å². The van der Waals surface area contributed by atoms with E-state index >= 15 is 0 Å². The summed E-state index contributed by atoms with van der Waals surface area (Å²) >= 11 is 0. The van der Waals surface area contributed by atoms with Crippen LogP contribution in [-0.2, 0) is 16.4 Å². The second-order valence-electron chi connectivity index (χ2n) is 5.26. The monoisotopic (exact) mass is 285 g/mol. The van der Waals surface area contributed by atoms with Crippen LogP contribution >= 0.6 is 0 Å². The van der Waals surface area contributed by atoms with E-state index in [2.05, 4.69) is 0 Å². The van der Waals surface area contributed by atoms with Gasteiger partial charge in [0.1, 0.15) is 5.82 Å². The minimum Gasteiger partial charge on any atom is -0.213 e. The van der Waals surface area contributed by atoms with Crippen molar-refractivity contribution in [2.75, 3.05) is 19.3 Å². The summed E-state index contributed by atoms with van der Waals surface area (Å²) in [6.07, 6.45) is 4.70. The molecule has 106 valence electrons. The van der Waals surface area contributed by atoms with Crippen LogP contribution in [0.3, 0.4) is 0 Å². The highest BCUT2D eigenvalue weighted by Gasteiger charge is 2.25. The molecular weight excluding hydrogens is 265 g/mol. The van der Waals surface area contributed by atoms with E-state index in [4.69, 9.17) is 0 Å². The minimum atomic E-state index is -3.09. The van der Waals surface area contributed by atoms with Crippen LogP contribution in [0, 0.1) is 11.7 Å². The Morgan fingerprint density at radius 2 is 2.11 bits per heavy atom. The van der Waals surface area contributed by atoms with Gasteiger partial charge in [0.2, 0.25) is 10.0 Å². The number of hydrogen-bond acceptors (Lipinski definition) is 2. The number of hydrogen-bond donors (Lipinski definition) is 0. The summed E-state index contributed by atoms with van der Waals surface area (Å²) in [7, 11) is -3.09. The van der Waals surface area contributed by atoms with Crippen molar-refractivity contribution in [2.24, 2.45) is 5.92 Å². The van der Waals surface area contributed by atoms with Crippen LogP contribution in [0.5, 0.6) is 0 Å². The molecule has 1 unspecified atom stereocenters. The molecule has 1 saturated heterocycles. The fourth-order valence-corrected chi connectivity index (χ4v) is 3.57. The Hall–Kier alpha value is -0.940. The zero-order valence-electron chi connectivity index (χ0n) is 11.2. The van der Waals surface area contributed by atoms with Gasteiger partial charge < -0.3 is 0 Å². The van der Waals surface area contributed by atoms with Crippen molar-refractivity contribution in [1.29, 1.82) is 0 Å². The molecule has 0 amide bonds. The predicted octanol–water partition coefficient (Wildman–Crippen LogP) is 2.43. The molecule has 2 rings (SSSR count). The van der Waals surface area contributed by atoms with Crippen LogP contribution in [0.4, 0.5) is 4.39 Å². The molecule has 0 radical (unpaired) electrons. The molecule has 1 aliphatic heterocycles. The lowest BCUT2D eigenvalue weighted by Crippen LogP contribution is -2.39. The third-order valence-corrected chi connectivity index (χ3v) is 5.00. The number of nitrogens with zero attached hydrogens (tertiary/aromatic N) is 1. The lowest BCUT2D eigenvalue weighted by atomic mass is 9.92. The van der Waals surface area contributed by atoms with Gasteiger partial charge in [0, 0.05) is 13.1 Å². The van der Waals surface area contributed by atoms with E-state index in [1.165, 1.54) is 12.3 Å². The Bertz CT molecular complexity index is 530. The average Bonchev–Trinajstić information content (AvgIpc) is 2.37. The largest absolute Gasteiger partial charge is 0.213 e. The van der Waals surface area contributed by atoms with Crippen molar-refractivity contribution < 1.29 is 12.8 Å². The molecule has 19 heavy (non-hydrogen) atoms. The lowest BCUT2D eigenvalue weighted by Gasteiger charge is -2.31. The number of rotatable bonds is 4. The van der Waals surface area contributed by atoms with E-state index in [1.54, 1.807) is 16.4 Å². The standard InChI is InChI=1S/C14H20FNO2S/c1-19(17,18)16-10-4-5-12(11-16)8-9-13-6-2-3-7-14(13)15/h2-3,6-7,12H,4-5,8-11H2,1H3. The molecule has 0 spiro atoms. The van der Waals surface area contributed by atoms with Crippen LogP contribution < -0.4 is 0 Å². The average molecular weight is 285 g/mol. The maximum Gasteiger partial charge on any atom is 0.211 e. The second kappa shape index (κ2) is 6.01. The molecule has 1 aliphatic rings. The maximum atomic E-state index is 13.5. The summed E-state index contributed by atoms with van der Waals surface area (Å²) in [6, 6.07) is 6.79. The summed E-state index contributed by atoms with van der Waals surface area (Å²) in [5, 5.41) is 0. The first-order valence-corrected chi connectivity index (χ1v) is 8.50. The number of sulfonamides is 1. The van der Waals surface area contributed by atoms with Crippen LogP contribution in [0.25, 0.3) is 0 Å². The number of aryl methyl sites for hydroxylation is 1. The molecule has 1 aromatic rings. The maximum absolute atomic E-state index is 13.5. The number of halogens is 1. The molecule has 0 saturated carbocycles. The van der Waals surface area contributed by atoms with Gasteiger partial charge in [-0.25, -0.2) is 17.1 Å². The Labute approximate surface area is 114 Å². The lowest BCUT2D eigenvalue weighted by molar-refractivity contribution is 0.257. The number of benzene rings is 1. The molecular formula is C14H20FNO2S. The fraction of sp³-hybridized carbons (Fsp3) is 0.571. The predicted molar refractivity (Wildman–Crippen MR) is 73.9 cm³/mol. The highest BCUT2D eigenvalue weighted by atomic mass is 32.2. The number of piperidine rings is 1. The summed E-state index contributed by atoms with van der Waals surface area (Å²) in [5.41, 5.74) is 0.721. The SMILES string of the molecule is CS(=O)(=O)N1CCCC(CCc2ccccc2F)C1. The summed E-state index contributed by atoms with van der Waals surface area (Å²) in [5.74, 6) is 0.168. The van der Waals surface area contributed by atoms with Crippen LogP contribution in [0.1, 0.15) is 24.8 Å². The first-order valence-electron chi connectivity index (χ1n) is 6.65. The Kier molecular flexibility index (Phi) is 4.58. The molecule has 5 heteroatoms. The fourth-order valence-electron chi connectivity index (χ4n) is 2.62. The summed E-state index contributed by atoms with van der Waals surface area (Å²) in [4.78, 5) is 0. The summed E-state index contributed by atoms with van der Waals surface area (Å²) < 4.78 is 38.1. The zero-order chi connectivity index (χ0) is 13.9. The normalized spacial score (nSPS) is 21.5. The second-order valence-corrected chi connectivity index (χ2v) is 7.24. The first-order chi connectivity index (χ1) is 8.97. The molecule has 0 aliphatic carbocycles. The van der Waals surface area contributed by atoms with Crippen molar-refractivity contribution in [3.05, 3.63) is 35.6 Å². The molecule has 1 heterocycles. The summed E-state index contributed by atoms with van der Waals surface area (Å²) in [6.45, 7) is 1.20. The van der Waals surface area contributed by atoms with Crippen molar-refractivity contribution >= 4 is 10.0 Å². The quantitative estimate of drug-likeness (QED) is 0.852. The molecule has 0 N–H and O–H groups in total. The Morgan fingerprint density at radius 1 is 1.37 bits per heavy atom. The molecule has 1 atom stereocenters. The van der Waals surface area contributed by atoms with Gasteiger partial charge in [0.15, 0.2) is 0 Å². The molecule has 0 bridgehead atoms. The van der Waals surface area contributed by atoms with E-state index in [0.29, 0.717) is 25.4 Å². The minimum absolute atomic E-state index is 0.168. The van der Waals surface area contributed by atoms with Crippen LogP contribution in [-0.4, -0.2) is 32.1 Å². The molecule has 1 fully saturated rings. The van der Waals surface area contributed by atoms with Crippen molar-refractivity contribution in [3.8, 4) is 0 Å². The van der Waals surface area contributed by atoms with Gasteiger partial charge in [0.25, 0.3) is 0 Å². The third kappa shape index (κ3) is 4.01. The van der Waals surface area contributed by atoms with E-state index in [-0.39, 0.29) is 5.82 Å². The van der Waals surface area contributed by atoms with Crippen molar-refractivity contribution in [1.82, 2.24) is 4.31 Å². The van der Waals surface area contributed by atoms with Crippen molar-refractivity contribution in [2.45, 2.75) is 25.7 Å². The Balaban J connectivity index is 1.92. The Morgan fingerprint density at radius 3 is 2.79 bits per heavy atom. The van der Waals surface area contributed by atoms with Gasteiger partial charge in [-0.1, -0.05) is 18.2 Å². The molecule has 3 nitrogen and oxygen atoms in total.